The van der Waals surface area contributed by atoms with Gasteiger partial charge in [-0.25, -0.2) is 0 Å². The van der Waals surface area contributed by atoms with E-state index in [-0.39, 0.29) is 0 Å². The SMILES string of the molecule is CC(C)CC1(O)CCN(Cc2ccccc2)CC1. The second-order valence-corrected chi connectivity index (χ2v) is 6.08. The second-order valence-electron chi connectivity index (χ2n) is 6.08. The Labute approximate surface area is 111 Å². The van der Waals surface area contributed by atoms with Crippen LogP contribution >= 0.6 is 0 Å². The Kier molecular flexibility index (Phi) is 4.41. The van der Waals surface area contributed by atoms with Gasteiger partial charge in [0.2, 0.25) is 0 Å². The Bertz CT molecular complexity index is 353. The summed E-state index contributed by atoms with van der Waals surface area (Å²) in [5.74, 6) is 0.579. The highest BCUT2D eigenvalue weighted by molar-refractivity contribution is 5.14. The van der Waals surface area contributed by atoms with E-state index >= 15 is 0 Å². The Balaban J connectivity index is 1.83. The van der Waals surface area contributed by atoms with Crippen LogP contribution in [0.25, 0.3) is 0 Å². The fourth-order valence-corrected chi connectivity index (χ4v) is 2.93. The lowest BCUT2D eigenvalue weighted by molar-refractivity contribution is -0.0376. The average Bonchev–Trinajstić information content (AvgIpc) is 2.33. The number of likely N-dealkylation sites (tertiary alicyclic amines) is 1. The largest absolute Gasteiger partial charge is 0.390 e. The molecule has 0 amide bonds. The van der Waals surface area contributed by atoms with Crippen LogP contribution in [-0.4, -0.2) is 28.7 Å². The molecule has 1 fully saturated rings. The van der Waals surface area contributed by atoms with Crippen molar-refractivity contribution < 1.29 is 5.11 Å². The summed E-state index contributed by atoms with van der Waals surface area (Å²) in [5, 5.41) is 10.5. The molecule has 0 aliphatic carbocycles. The summed E-state index contributed by atoms with van der Waals surface area (Å²) >= 11 is 0. The lowest BCUT2D eigenvalue weighted by Crippen LogP contribution is -2.44. The van der Waals surface area contributed by atoms with E-state index in [0.717, 1.165) is 38.9 Å². The maximum Gasteiger partial charge on any atom is 0.0674 e. The third kappa shape index (κ3) is 3.82. The van der Waals surface area contributed by atoms with Crippen molar-refractivity contribution in [3.05, 3.63) is 35.9 Å². The molecule has 0 aromatic heterocycles. The fourth-order valence-electron chi connectivity index (χ4n) is 2.93. The molecular formula is C16H25NO. The summed E-state index contributed by atoms with van der Waals surface area (Å²) in [7, 11) is 0. The zero-order valence-corrected chi connectivity index (χ0v) is 11.6. The molecule has 1 aromatic rings. The molecule has 1 aliphatic heterocycles. The van der Waals surface area contributed by atoms with Crippen molar-refractivity contribution in [1.82, 2.24) is 4.90 Å². The van der Waals surface area contributed by atoms with Crippen molar-refractivity contribution in [2.75, 3.05) is 13.1 Å². The molecule has 1 heterocycles. The van der Waals surface area contributed by atoms with E-state index in [1.807, 2.05) is 0 Å². The van der Waals surface area contributed by atoms with Crippen LogP contribution in [0.4, 0.5) is 0 Å². The fraction of sp³-hybridized carbons (Fsp3) is 0.625. The number of hydrogen-bond acceptors (Lipinski definition) is 2. The van der Waals surface area contributed by atoms with Gasteiger partial charge in [-0.3, -0.25) is 4.90 Å². The van der Waals surface area contributed by atoms with Crippen molar-refractivity contribution in [3.63, 3.8) is 0 Å². The number of nitrogens with zero attached hydrogens (tertiary/aromatic N) is 1. The molecule has 0 atom stereocenters. The molecule has 1 aliphatic rings. The molecule has 1 aromatic carbocycles. The van der Waals surface area contributed by atoms with Crippen LogP contribution in [0.5, 0.6) is 0 Å². The molecule has 0 radical (unpaired) electrons. The lowest BCUT2D eigenvalue weighted by atomic mass is 9.84. The maximum absolute atomic E-state index is 10.5. The van der Waals surface area contributed by atoms with E-state index in [1.165, 1.54) is 5.56 Å². The van der Waals surface area contributed by atoms with Crippen LogP contribution < -0.4 is 0 Å². The van der Waals surface area contributed by atoms with Gasteiger partial charge >= 0.3 is 0 Å². The maximum atomic E-state index is 10.5. The minimum Gasteiger partial charge on any atom is -0.390 e. The minimum atomic E-state index is -0.415. The van der Waals surface area contributed by atoms with E-state index < -0.39 is 5.60 Å². The lowest BCUT2D eigenvalue weighted by Gasteiger charge is -2.39. The molecule has 1 N–H and O–H groups in total. The molecule has 2 nitrogen and oxygen atoms in total. The van der Waals surface area contributed by atoms with Crippen LogP contribution in [0.1, 0.15) is 38.7 Å². The van der Waals surface area contributed by atoms with Crippen molar-refractivity contribution in [2.45, 2.75) is 45.3 Å². The van der Waals surface area contributed by atoms with Crippen molar-refractivity contribution in [1.29, 1.82) is 0 Å². The van der Waals surface area contributed by atoms with Gasteiger partial charge in [0.1, 0.15) is 0 Å². The van der Waals surface area contributed by atoms with E-state index in [0.29, 0.717) is 5.92 Å². The average molecular weight is 247 g/mol. The molecule has 0 unspecified atom stereocenters. The number of piperidine rings is 1. The summed E-state index contributed by atoms with van der Waals surface area (Å²) in [6.45, 7) is 7.41. The quantitative estimate of drug-likeness (QED) is 0.884. The molecule has 0 spiro atoms. The van der Waals surface area contributed by atoms with Crippen LogP contribution in [-0.2, 0) is 6.54 Å². The molecule has 2 heteroatoms. The highest BCUT2D eigenvalue weighted by atomic mass is 16.3. The van der Waals surface area contributed by atoms with Gasteiger partial charge in [-0.05, 0) is 30.7 Å². The minimum absolute atomic E-state index is 0.415. The molecule has 100 valence electrons. The molecule has 2 rings (SSSR count). The first-order valence-corrected chi connectivity index (χ1v) is 7.06. The van der Waals surface area contributed by atoms with E-state index in [4.69, 9.17) is 0 Å². The zero-order chi connectivity index (χ0) is 13.0. The van der Waals surface area contributed by atoms with Crippen molar-refractivity contribution in [3.8, 4) is 0 Å². The second kappa shape index (κ2) is 5.85. The van der Waals surface area contributed by atoms with Crippen LogP contribution in [0.15, 0.2) is 30.3 Å². The first-order chi connectivity index (χ1) is 8.57. The molecule has 0 saturated carbocycles. The zero-order valence-electron chi connectivity index (χ0n) is 11.6. The first kappa shape index (κ1) is 13.6. The number of benzene rings is 1. The Morgan fingerprint density at radius 3 is 2.33 bits per heavy atom. The molecular weight excluding hydrogens is 222 g/mol. The molecule has 18 heavy (non-hydrogen) atoms. The van der Waals surface area contributed by atoms with Gasteiger partial charge < -0.3 is 5.11 Å². The normalized spacial score (nSPS) is 20.2. The Morgan fingerprint density at radius 2 is 1.78 bits per heavy atom. The number of hydrogen-bond donors (Lipinski definition) is 1. The molecule has 1 saturated heterocycles. The van der Waals surface area contributed by atoms with Gasteiger partial charge in [0.25, 0.3) is 0 Å². The highest BCUT2D eigenvalue weighted by Gasteiger charge is 2.32. The van der Waals surface area contributed by atoms with Gasteiger partial charge in [0.05, 0.1) is 5.60 Å². The van der Waals surface area contributed by atoms with Gasteiger partial charge in [-0.2, -0.15) is 0 Å². The number of aliphatic hydroxyl groups is 1. The third-order valence-electron chi connectivity index (χ3n) is 3.82. The van der Waals surface area contributed by atoms with E-state index in [2.05, 4.69) is 49.1 Å². The summed E-state index contributed by atoms with van der Waals surface area (Å²) in [6.07, 6.45) is 2.77. The van der Waals surface area contributed by atoms with Crippen molar-refractivity contribution >= 4 is 0 Å². The predicted octanol–water partition coefficient (Wildman–Crippen LogP) is 3.06. The number of rotatable bonds is 4. The third-order valence-corrected chi connectivity index (χ3v) is 3.82. The molecule has 0 bridgehead atoms. The van der Waals surface area contributed by atoms with Crippen LogP contribution in [0.2, 0.25) is 0 Å². The topological polar surface area (TPSA) is 23.5 Å². The van der Waals surface area contributed by atoms with Gasteiger partial charge in [-0.1, -0.05) is 44.2 Å². The summed E-state index contributed by atoms with van der Waals surface area (Å²) < 4.78 is 0. The van der Waals surface area contributed by atoms with Crippen molar-refractivity contribution in [2.24, 2.45) is 5.92 Å². The van der Waals surface area contributed by atoms with Gasteiger partial charge in [-0.15, -0.1) is 0 Å². The predicted molar refractivity (Wildman–Crippen MR) is 75.4 cm³/mol. The van der Waals surface area contributed by atoms with Gasteiger partial charge in [0, 0.05) is 19.6 Å². The highest BCUT2D eigenvalue weighted by Crippen LogP contribution is 2.29. The standard InChI is InChI=1S/C16H25NO/c1-14(2)12-16(18)8-10-17(11-9-16)13-15-6-4-3-5-7-15/h3-7,14,18H,8-13H2,1-2H3. The van der Waals surface area contributed by atoms with Crippen LogP contribution in [0, 0.1) is 5.92 Å². The van der Waals surface area contributed by atoms with Gasteiger partial charge in [0.15, 0.2) is 0 Å². The summed E-state index contributed by atoms with van der Waals surface area (Å²) in [6, 6.07) is 10.6. The van der Waals surface area contributed by atoms with E-state index in [9.17, 15) is 5.11 Å². The summed E-state index contributed by atoms with van der Waals surface area (Å²) in [4.78, 5) is 2.45. The van der Waals surface area contributed by atoms with Crippen LogP contribution in [0.3, 0.4) is 0 Å². The smallest absolute Gasteiger partial charge is 0.0674 e. The summed E-state index contributed by atoms with van der Waals surface area (Å²) in [5.41, 5.74) is 0.952. The monoisotopic (exact) mass is 247 g/mol. The Morgan fingerprint density at radius 1 is 1.17 bits per heavy atom. The van der Waals surface area contributed by atoms with E-state index in [1.54, 1.807) is 0 Å². The first-order valence-electron chi connectivity index (χ1n) is 7.06. The Hall–Kier alpha value is -0.860.